The van der Waals surface area contributed by atoms with Gasteiger partial charge in [0.05, 0.1) is 0 Å². The van der Waals surface area contributed by atoms with Gasteiger partial charge < -0.3 is 0 Å². The summed E-state index contributed by atoms with van der Waals surface area (Å²) in [6.45, 7) is 9.14. The van der Waals surface area contributed by atoms with Gasteiger partial charge in [-0.2, -0.15) is 0 Å². The van der Waals surface area contributed by atoms with E-state index in [9.17, 15) is 0 Å². The van der Waals surface area contributed by atoms with Crippen LogP contribution in [0.4, 0.5) is 0 Å². The van der Waals surface area contributed by atoms with E-state index in [4.69, 9.17) is 9.97 Å². The summed E-state index contributed by atoms with van der Waals surface area (Å²) in [4.78, 5) is 18.8. The van der Waals surface area contributed by atoms with E-state index in [2.05, 4.69) is 111 Å². The van der Waals surface area contributed by atoms with Crippen LogP contribution in [0.2, 0.25) is 0 Å². The lowest BCUT2D eigenvalue weighted by molar-refractivity contribution is 0.248. The Bertz CT molecular complexity index is 1780. The van der Waals surface area contributed by atoms with Gasteiger partial charge in [0, 0.05) is 35.9 Å². The number of hydrogen-bond acceptors (Lipinski definition) is 4. The molecule has 0 amide bonds. The maximum atomic E-state index is 4.69. The molecule has 2 fully saturated rings. The van der Waals surface area contributed by atoms with E-state index in [0.29, 0.717) is 0 Å². The number of aromatic nitrogens is 4. The summed E-state index contributed by atoms with van der Waals surface area (Å²) in [5.74, 6) is 5.55. The van der Waals surface area contributed by atoms with Gasteiger partial charge in [-0.15, -0.1) is 0 Å². The smallest absolute Gasteiger partial charge is 0.159 e. The monoisotopic (exact) mass is 925 g/mol. The van der Waals surface area contributed by atoms with Crippen molar-refractivity contribution in [1.82, 2.24) is 19.9 Å². The maximum Gasteiger partial charge on any atom is 0.159 e. The molecule has 2 aromatic heterocycles. The zero-order chi connectivity index (χ0) is 47.7. The zero-order valence-electron chi connectivity index (χ0n) is 44.5. The van der Waals surface area contributed by atoms with Crippen LogP contribution in [-0.4, -0.2) is 19.9 Å². The minimum atomic E-state index is 0.857. The first-order valence-electron chi connectivity index (χ1n) is 29.4. The van der Waals surface area contributed by atoms with Crippen LogP contribution < -0.4 is 0 Å². The van der Waals surface area contributed by atoms with Crippen LogP contribution >= 0.6 is 0 Å². The molecule has 0 unspecified atom stereocenters. The lowest BCUT2D eigenvalue weighted by Crippen LogP contribution is -2.15. The topological polar surface area (TPSA) is 51.6 Å². The van der Waals surface area contributed by atoms with Gasteiger partial charge in [-0.25, -0.2) is 19.9 Å². The molecule has 2 saturated carbocycles. The van der Waals surface area contributed by atoms with Crippen molar-refractivity contribution in [1.29, 1.82) is 0 Å². The Labute approximate surface area is 419 Å². The lowest BCUT2D eigenvalue weighted by atomic mass is 9.78. The van der Waals surface area contributed by atoms with Crippen LogP contribution in [0.15, 0.2) is 73.3 Å². The van der Waals surface area contributed by atoms with Crippen molar-refractivity contribution in [3.63, 3.8) is 0 Å². The predicted octanol–water partition coefficient (Wildman–Crippen LogP) is 19.5. The van der Waals surface area contributed by atoms with Crippen LogP contribution in [0.1, 0.15) is 255 Å². The molecule has 0 atom stereocenters. The summed E-state index contributed by atoms with van der Waals surface area (Å²) in [7, 11) is 0. The Morgan fingerprint density at radius 1 is 0.294 bits per heavy atom. The zero-order valence-corrected chi connectivity index (χ0v) is 44.5. The quantitative estimate of drug-likeness (QED) is 0.0458. The van der Waals surface area contributed by atoms with Crippen molar-refractivity contribution >= 4 is 0 Å². The minimum Gasteiger partial charge on any atom is -0.236 e. The Hall–Kier alpha value is -3.40. The van der Waals surface area contributed by atoms with Crippen molar-refractivity contribution in [3.05, 3.63) is 95.6 Å². The average Bonchev–Trinajstić information content (AvgIpc) is 3.39. The van der Waals surface area contributed by atoms with Crippen LogP contribution in [0.5, 0.6) is 0 Å². The fraction of sp³-hybridized carbons (Fsp3) is 0.688. The molecule has 0 saturated heterocycles. The normalized spacial score (nSPS) is 18.3. The largest absolute Gasteiger partial charge is 0.236 e. The lowest BCUT2D eigenvalue weighted by Gasteiger charge is -2.28. The molecular formula is C64H100N4. The first-order chi connectivity index (χ1) is 33.6. The van der Waals surface area contributed by atoms with Gasteiger partial charge in [0.2, 0.25) is 0 Å². The highest BCUT2D eigenvalue weighted by Crippen LogP contribution is 2.36. The van der Waals surface area contributed by atoms with E-state index < -0.39 is 0 Å². The average molecular weight is 926 g/mol. The van der Waals surface area contributed by atoms with E-state index in [1.165, 1.54) is 241 Å². The maximum absolute atomic E-state index is 4.69. The molecule has 2 aromatic carbocycles. The highest BCUT2D eigenvalue weighted by molar-refractivity contribution is 5.56. The fourth-order valence-electron chi connectivity index (χ4n) is 11.2. The third kappa shape index (κ3) is 22.6. The third-order valence-electron chi connectivity index (χ3n) is 16.0. The summed E-state index contributed by atoms with van der Waals surface area (Å²) in [5, 5.41) is 0. The van der Waals surface area contributed by atoms with Crippen LogP contribution in [-0.2, 0) is 25.7 Å². The molecule has 0 radical (unpaired) electrons. The van der Waals surface area contributed by atoms with Gasteiger partial charge in [-0.3, -0.25) is 0 Å². The predicted molar refractivity (Wildman–Crippen MR) is 294 cm³/mol. The SMILES string of the molecule is CCCCCCCC1CCC(CCc2cnc(-c3ccc(CCCCCC)cc3)nc2)CC1.CCCCCCCCCC1CCC(CCc2cnc(-c3ccc(CCCCCC)cc3)nc2)CC1. The molecule has 2 aliphatic carbocycles. The van der Waals surface area contributed by atoms with Crippen molar-refractivity contribution in [2.24, 2.45) is 23.7 Å². The van der Waals surface area contributed by atoms with Gasteiger partial charge in [0.25, 0.3) is 0 Å². The molecule has 376 valence electrons. The first kappa shape index (κ1) is 55.5. The van der Waals surface area contributed by atoms with Crippen molar-refractivity contribution in [3.8, 4) is 22.8 Å². The summed E-state index contributed by atoms with van der Waals surface area (Å²) in [6, 6.07) is 17.8. The number of unbranched alkanes of at least 4 members (excludes halogenated alkanes) is 16. The Morgan fingerprint density at radius 3 is 0.897 bits per heavy atom. The molecule has 4 nitrogen and oxygen atoms in total. The number of hydrogen-bond donors (Lipinski definition) is 0. The molecule has 2 heterocycles. The van der Waals surface area contributed by atoms with Gasteiger partial charge in [-0.05, 0) is 97.3 Å². The highest BCUT2D eigenvalue weighted by Gasteiger charge is 2.22. The molecule has 4 heteroatoms. The first-order valence-corrected chi connectivity index (χ1v) is 29.4. The molecular weight excluding hydrogens is 825 g/mol. The molecule has 0 bridgehead atoms. The van der Waals surface area contributed by atoms with Gasteiger partial charge in [-0.1, -0.05) is 256 Å². The summed E-state index contributed by atoms with van der Waals surface area (Å²) in [5.41, 5.74) is 7.71. The van der Waals surface area contributed by atoms with Gasteiger partial charge in [0.1, 0.15) is 0 Å². The van der Waals surface area contributed by atoms with Crippen LogP contribution in [0, 0.1) is 23.7 Å². The second-order valence-electron chi connectivity index (χ2n) is 21.8. The van der Waals surface area contributed by atoms with Crippen molar-refractivity contribution < 1.29 is 0 Å². The standard InChI is InChI=1S/C33H52N2.C31H48N2/c1-3-5-7-9-10-11-13-15-28-16-18-30(19-17-28)20-21-31-26-34-33(35-27-31)32-24-22-29(23-25-32)14-12-8-6-4-2;1-3-5-7-9-11-13-26-14-16-28(17-15-26)18-19-29-24-32-31(33-25-29)30-22-20-27(21-23-30)12-10-8-6-4-2/h22-28,30H,3-21H2,1-2H3;20-26,28H,3-19H2,1-2H3. The molecule has 68 heavy (non-hydrogen) atoms. The molecule has 6 rings (SSSR count). The van der Waals surface area contributed by atoms with Gasteiger partial charge in [0.15, 0.2) is 11.6 Å². The number of nitrogens with zero attached hydrogens (tertiary/aromatic N) is 4. The Balaban J connectivity index is 0.000000255. The molecule has 0 N–H and O–H groups in total. The van der Waals surface area contributed by atoms with E-state index in [1.54, 1.807) is 0 Å². The van der Waals surface area contributed by atoms with Crippen LogP contribution in [0.25, 0.3) is 22.8 Å². The van der Waals surface area contributed by atoms with Crippen molar-refractivity contribution in [2.75, 3.05) is 0 Å². The fourth-order valence-corrected chi connectivity index (χ4v) is 11.2. The van der Waals surface area contributed by atoms with Crippen molar-refractivity contribution in [2.45, 2.75) is 259 Å². The molecule has 4 aromatic rings. The van der Waals surface area contributed by atoms with E-state index >= 15 is 0 Å². The Morgan fingerprint density at radius 2 is 0.574 bits per heavy atom. The van der Waals surface area contributed by atoms with Crippen LogP contribution in [0.3, 0.4) is 0 Å². The molecule has 2 aliphatic rings. The second-order valence-corrected chi connectivity index (χ2v) is 21.8. The number of benzene rings is 2. The summed E-state index contributed by atoms with van der Waals surface area (Å²) >= 11 is 0. The van der Waals surface area contributed by atoms with E-state index in [1.807, 2.05) is 0 Å². The van der Waals surface area contributed by atoms with E-state index in [0.717, 1.165) is 59.3 Å². The highest BCUT2D eigenvalue weighted by atomic mass is 14.9. The Kier molecular flexibility index (Phi) is 28.4. The summed E-state index contributed by atoms with van der Waals surface area (Å²) < 4.78 is 0. The number of rotatable bonds is 32. The molecule has 0 aliphatic heterocycles. The third-order valence-corrected chi connectivity index (χ3v) is 16.0. The van der Waals surface area contributed by atoms with Gasteiger partial charge >= 0.3 is 0 Å². The number of aryl methyl sites for hydroxylation is 4. The molecule has 0 spiro atoms. The summed E-state index contributed by atoms with van der Waals surface area (Å²) in [6.07, 6.45) is 57.8. The minimum absolute atomic E-state index is 0.857. The second kappa shape index (κ2) is 34.8. The van der Waals surface area contributed by atoms with E-state index in [-0.39, 0.29) is 0 Å².